The van der Waals surface area contributed by atoms with Crippen LogP contribution in [-0.4, -0.2) is 47.4 Å². The molecule has 158 valence electrons. The van der Waals surface area contributed by atoms with E-state index < -0.39 is 5.25 Å². The summed E-state index contributed by atoms with van der Waals surface area (Å²) in [5.74, 6) is -0.377. The van der Waals surface area contributed by atoms with Gasteiger partial charge in [0.05, 0.1) is 18.8 Å². The molecule has 2 aromatic rings. The molecular weight excluding hydrogens is 422 g/mol. The van der Waals surface area contributed by atoms with Crippen molar-refractivity contribution in [1.29, 1.82) is 0 Å². The first kappa shape index (κ1) is 22.3. The molecule has 1 atom stereocenters. The molecule has 1 aliphatic heterocycles. The molecule has 2 aromatic carbocycles. The minimum atomic E-state index is -0.538. The molecule has 1 saturated heterocycles. The number of carbonyl (C=O) groups excluding carboxylic acids is 2. The number of aryl methyl sites for hydroxylation is 1. The zero-order valence-electron chi connectivity index (χ0n) is 17.1. The molecule has 3 rings (SSSR count). The van der Waals surface area contributed by atoms with Crippen molar-refractivity contribution in [2.24, 2.45) is 4.99 Å². The summed E-state index contributed by atoms with van der Waals surface area (Å²) in [7, 11) is 1.59. The largest absolute Gasteiger partial charge is 0.383 e. The number of methoxy groups -OCH3 is 1. The Morgan fingerprint density at radius 1 is 1.23 bits per heavy atom. The molecule has 0 saturated carbocycles. The Morgan fingerprint density at radius 2 is 2.00 bits per heavy atom. The number of hydrogen-bond donors (Lipinski definition) is 1. The van der Waals surface area contributed by atoms with E-state index in [1.165, 1.54) is 11.8 Å². The lowest BCUT2D eigenvalue weighted by Crippen LogP contribution is -2.35. The molecule has 1 aliphatic rings. The molecule has 2 amide bonds. The normalized spacial score (nSPS) is 17.6. The van der Waals surface area contributed by atoms with E-state index >= 15 is 0 Å². The van der Waals surface area contributed by atoms with Crippen LogP contribution >= 0.6 is 23.4 Å². The molecule has 0 bridgehead atoms. The summed E-state index contributed by atoms with van der Waals surface area (Å²) in [5, 5.41) is 3.49. The van der Waals surface area contributed by atoms with Gasteiger partial charge in [0.1, 0.15) is 5.25 Å². The highest BCUT2D eigenvalue weighted by Crippen LogP contribution is 2.33. The van der Waals surface area contributed by atoms with Gasteiger partial charge in [0.2, 0.25) is 11.8 Å². The van der Waals surface area contributed by atoms with Crippen LogP contribution in [0.3, 0.4) is 0 Å². The average Bonchev–Trinajstić information content (AvgIpc) is 3.00. The van der Waals surface area contributed by atoms with Crippen LogP contribution in [0.4, 0.5) is 11.4 Å². The van der Waals surface area contributed by atoms with Crippen molar-refractivity contribution in [2.45, 2.75) is 25.5 Å². The van der Waals surface area contributed by atoms with E-state index in [0.29, 0.717) is 29.0 Å². The van der Waals surface area contributed by atoms with Gasteiger partial charge in [-0.1, -0.05) is 47.6 Å². The number of amidine groups is 1. The number of para-hydroxylation sites is 1. The Labute approximate surface area is 185 Å². The quantitative estimate of drug-likeness (QED) is 0.678. The number of amides is 2. The first-order chi connectivity index (χ1) is 14.4. The van der Waals surface area contributed by atoms with Crippen molar-refractivity contribution >= 4 is 51.7 Å². The van der Waals surface area contributed by atoms with Crippen LogP contribution in [0.5, 0.6) is 0 Å². The number of halogens is 1. The van der Waals surface area contributed by atoms with Crippen LogP contribution in [0.25, 0.3) is 0 Å². The number of benzene rings is 2. The Morgan fingerprint density at radius 3 is 2.73 bits per heavy atom. The number of ether oxygens (including phenoxy) is 1. The van der Waals surface area contributed by atoms with E-state index in [2.05, 4.69) is 10.3 Å². The minimum absolute atomic E-state index is 0.0473. The monoisotopic (exact) mass is 445 g/mol. The summed E-state index contributed by atoms with van der Waals surface area (Å²) in [5.41, 5.74) is 3.26. The Hall–Kier alpha value is -2.35. The molecule has 1 heterocycles. The van der Waals surface area contributed by atoms with E-state index in [9.17, 15) is 9.59 Å². The van der Waals surface area contributed by atoms with Crippen molar-refractivity contribution in [2.75, 3.05) is 25.6 Å². The molecule has 8 heteroatoms. The third kappa shape index (κ3) is 5.22. The van der Waals surface area contributed by atoms with Gasteiger partial charge in [0.25, 0.3) is 0 Å². The van der Waals surface area contributed by atoms with Gasteiger partial charge in [0, 0.05) is 24.2 Å². The van der Waals surface area contributed by atoms with E-state index in [0.717, 1.165) is 16.8 Å². The summed E-state index contributed by atoms with van der Waals surface area (Å²) < 4.78 is 5.14. The van der Waals surface area contributed by atoms with Crippen molar-refractivity contribution < 1.29 is 14.3 Å². The maximum Gasteiger partial charge on any atom is 0.242 e. The van der Waals surface area contributed by atoms with Crippen molar-refractivity contribution in [1.82, 2.24) is 4.90 Å². The summed E-state index contributed by atoms with van der Waals surface area (Å²) in [4.78, 5) is 31.9. The van der Waals surface area contributed by atoms with Gasteiger partial charge in [-0.3, -0.25) is 14.5 Å². The summed E-state index contributed by atoms with van der Waals surface area (Å²) in [6, 6.07) is 13.1. The number of nitrogens with one attached hydrogen (secondary N) is 1. The topological polar surface area (TPSA) is 71.0 Å². The zero-order valence-corrected chi connectivity index (χ0v) is 18.7. The fraction of sp³-hybridized carbons (Fsp3) is 0.318. The summed E-state index contributed by atoms with van der Waals surface area (Å²) in [6.45, 7) is 4.59. The van der Waals surface area contributed by atoms with Gasteiger partial charge in [-0.05, 0) is 43.2 Å². The number of aliphatic imine (C=N–C) groups is 1. The number of anilines is 1. The average molecular weight is 446 g/mol. The van der Waals surface area contributed by atoms with Gasteiger partial charge < -0.3 is 10.1 Å². The SMILES string of the molecule is COCCN1C(=O)C(CC(=O)Nc2cccc(Cl)c2C)SC1=Nc1ccccc1C. The van der Waals surface area contributed by atoms with Crippen molar-refractivity contribution in [3.05, 3.63) is 58.6 Å². The number of hydrogen-bond acceptors (Lipinski definition) is 5. The molecule has 1 N–H and O–H groups in total. The predicted molar refractivity (Wildman–Crippen MR) is 123 cm³/mol. The lowest BCUT2D eigenvalue weighted by molar-refractivity contribution is -0.128. The molecular formula is C22H24ClN3O3S. The number of carbonyl (C=O) groups is 2. The fourth-order valence-electron chi connectivity index (χ4n) is 3.02. The Bertz CT molecular complexity index is 980. The smallest absolute Gasteiger partial charge is 0.242 e. The fourth-order valence-corrected chi connectivity index (χ4v) is 4.37. The van der Waals surface area contributed by atoms with Crippen LogP contribution < -0.4 is 5.32 Å². The van der Waals surface area contributed by atoms with Crippen LogP contribution in [0.2, 0.25) is 5.02 Å². The standard InChI is InChI=1S/C22H24ClN3O3S/c1-14-7-4-5-9-17(14)25-22-26(11-12-29-3)21(28)19(30-22)13-20(27)24-18-10-6-8-16(23)15(18)2/h4-10,19H,11-13H2,1-3H3,(H,24,27). The third-order valence-electron chi connectivity index (χ3n) is 4.78. The van der Waals surface area contributed by atoms with Crippen LogP contribution in [0.1, 0.15) is 17.5 Å². The van der Waals surface area contributed by atoms with Gasteiger partial charge in [-0.2, -0.15) is 0 Å². The van der Waals surface area contributed by atoms with Gasteiger partial charge >= 0.3 is 0 Å². The lowest BCUT2D eigenvalue weighted by atomic mass is 10.2. The van der Waals surface area contributed by atoms with Gasteiger partial charge in [-0.15, -0.1) is 0 Å². The first-order valence-electron chi connectivity index (χ1n) is 9.57. The lowest BCUT2D eigenvalue weighted by Gasteiger charge is -2.16. The van der Waals surface area contributed by atoms with Gasteiger partial charge in [0.15, 0.2) is 5.17 Å². The molecule has 0 aromatic heterocycles. The minimum Gasteiger partial charge on any atom is -0.383 e. The van der Waals surface area contributed by atoms with Crippen LogP contribution in [-0.2, 0) is 14.3 Å². The van der Waals surface area contributed by atoms with Gasteiger partial charge in [-0.25, -0.2) is 4.99 Å². The highest BCUT2D eigenvalue weighted by atomic mass is 35.5. The number of thioether (sulfide) groups is 1. The third-order valence-corrected chi connectivity index (χ3v) is 6.37. The predicted octanol–water partition coefficient (Wildman–Crippen LogP) is 4.56. The molecule has 0 radical (unpaired) electrons. The van der Waals surface area contributed by atoms with Crippen LogP contribution in [0.15, 0.2) is 47.5 Å². The van der Waals surface area contributed by atoms with Crippen molar-refractivity contribution in [3.63, 3.8) is 0 Å². The number of nitrogens with zero attached hydrogens (tertiary/aromatic N) is 2. The van der Waals surface area contributed by atoms with E-state index in [1.807, 2.05) is 38.1 Å². The second-order valence-electron chi connectivity index (χ2n) is 6.93. The van der Waals surface area contributed by atoms with E-state index in [-0.39, 0.29) is 18.2 Å². The van der Waals surface area contributed by atoms with E-state index in [1.54, 1.807) is 30.2 Å². The molecule has 30 heavy (non-hydrogen) atoms. The first-order valence-corrected chi connectivity index (χ1v) is 10.8. The Balaban J connectivity index is 1.76. The summed E-state index contributed by atoms with van der Waals surface area (Å²) in [6.07, 6.45) is 0.0473. The second-order valence-corrected chi connectivity index (χ2v) is 8.51. The maximum absolute atomic E-state index is 13.0. The summed E-state index contributed by atoms with van der Waals surface area (Å²) >= 11 is 7.43. The van der Waals surface area contributed by atoms with E-state index in [4.69, 9.17) is 16.3 Å². The highest BCUT2D eigenvalue weighted by molar-refractivity contribution is 8.15. The highest BCUT2D eigenvalue weighted by Gasteiger charge is 2.39. The molecule has 0 aliphatic carbocycles. The molecule has 0 spiro atoms. The molecule has 1 unspecified atom stereocenters. The zero-order chi connectivity index (χ0) is 21.7. The maximum atomic E-state index is 13.0. The number of rotatable bonds is 7. The van der Waals surface area contributed by atoms with Crippen molar-refractivity contribution in [3.8, 4) is 0 Å². The molecule has 1 fully saturated rings. The Kier molecular flexibility index (Phi) is 7.53. The van der Waals surface area contributed by atoms with Crippen LogP contribution in [0, 0.1) is 13.8 Å². The molecule has 6 nitrogen and oxygen atoms in total. The second kappa shape index (κ2) is 10.1.